The standard InChI is InChI=1S/C20H30O2/c1-2-3-4-5-6-7-8-9-10-11-12-13-14-15-16-17-18-19-20(21)22/h3-4,6-7,9-10,12-13,15-16H,2,5,8,11,14,17-19H2,1H3,(H,21,22)/b4-3-,7-6-,10-9-,13-12-,16-15-/i1D3,2D2. The fraction of sp³-hybridized carbons (Fsp3) is 0.450. The molecule has 2 heteroatoms. The van der Waals surface area contributed by atoms with Crippen molar-refractivity contribution in [3.8, 4) is 0 Å². The van der Waals surface area contributed by atoms with Gasteiger partial charge in [0.2, 0.25) is 0 Å². The van der Waals surface area contributed by atoms with E-state index in [4.69, 9.17) is 12.0 Å². The highest BCUT2D eigenvalue weighted by molar-refractivity contribution is 5.66. The number of carboxylic acids is 1. The molecule has 0 bridgehead atoms. The van der Waals surface area contributed by atoms with Crippen molar-refractivity contribution in [3.05, 3.63) is 60.8 Å². The topological polar surface area (TPSA) is 37.3 Å². The van der Waals surface area contributed by atoms with Gasteiger partial charge in [0, 0.05) is 13.3 Å². The molecule has 0 aliphatic carbocycles. The number of hydrogen-bond acceptors (Lipinski definition) is 1. The molecule has 0 unspecified atom stereocenters. The Balaban J connectivity index is 3.76. The fourth-order valence-electron chi connectivity index (χ4n) is 1.60. The summed E-state index contributed by atoms with van der Waals surface area (Å²) in [4.78, 5) is 10.3. The Morgan fingerprint density at radius 3 is 1.77 bits per heavy atom. The molecule has 2 nitrogen and oxygen atoms in total. The lowest BCUT2D eigenvalue weighted by molar-refractivity contribution is -0.137. The van der Waals surface area contributed by atoms with Gasteiger partial charge in [0.25, 0.3) is 0 Å². The van der Waals surface area contributed by atoms with Crippen molar-refractivity contribution < 1.29 is 16.8 Å². The highest BCUT2D eigenvalue weighted by Gasteiger charge is 1.92. The van der Waals surface area contributed by atoms with Gasteiger partial charge in [-0.1, -0.05) is 67.6 Å². The first kappa shape index (κ1) is 12.7. The molecule has 0 aromatic rings. The second-order valence-corrected chi connectivity index (χ2v) is 4.66. The summed E-state index contributed by atoms with van der Waals surface area (Å²) in [5.74, 6) is -0.752. The lowest BCUT2D eigenvalue weighted by atomic mass is 10.2. The summed E-state index contributed by atoms with van der Waals surface area (Å²) in [6.07, 6.45) is 21.1. The summed E-state index contributed by atoms with van der Waals surface area (Å²) in [5, 5.41) is 8.50. The predicted molar refractivity (Wildman–Crippen MR) is 95.9 cm³/mol. The van der Waals surface area contributed by atoms with Gasteiger partial charge in [-0.05, 0) is 44.9 Å². The van der Waals surface area contributed by atoms with Crippen LogP contribution in [0.3, 0.4) is 0 Å². The predicted octanol–water partition coefficient (Wildman–Crippen LogP) is 5.99. The van der Waals surface area contributed by atoms with Crippen LogP contribution >= 0.6 is 0 Å². The minimum absolute atomic E-state index is 0.215. The quantitative estimate of drug-likeness (QED) is 0.335. The van der Waals surface area contributed by atoms with E-state index >= 15 is 0 Å². The second-order valence-electron chi connectivity index (χ2n) is 4.66. The van der Waals surface area contributed by atoms with E-state index in [2.05, 4.69) is 18.2 Å². The molecule has 0 spiro atoms. The third-order valence-corrected chi connectivity index (χ3v) is 2.72. The maximum absolute atomic E-state index is 10.3. The second kappa shape index (κ2) is 17.2. The Morgan fingerprint density at radius 2 is 1.32 bits per heavy atom. The van der Waals surface area contributed by atoms with Gasteiger partial charge in [-0.15, -0.1) is 0 Å². The molecule has 0 saturated heterocycles. The molecule has 0 aliphatic rings. The van der Waals surface area contributed by atoms with Crippen molar-refractivity contribution in [1.82, 2.24) is 0 Å². The molecule has 0 saturated carbocycles. The van der Waals surface area contributed by atoms with E-state index in [1.165, 1.54) is 6.08 Å². The summed E-state index contributed by atoms with van der Waals surface area (Å²) >= 11 is 0. The third-order valence-electron chi connectivity index (χ3n) is 2.72. The Morgan fingerprint density at radius 1 is 0.864 bits per heavy atom. The molecule has 1 N–H and O–H groups in total. The van der Waals surface area contributed by atoms with Crippen LogP contribution in [0, 0.1) is 0 Å². The Labute approximate surface area is 142 Å². The maximum atomic E-state index is 10.3. The smallest absolute Gasteiger partial charge is 0.303 e. The first-order chi connectivity index (χ1) is 12.7. The first-order valence-corrected chi connectivity index (χ1v) is 7.66. The zero-order chi connectivity index (χ0) is 20.6. The van der Waals surface area contributed by atoms with Gasteiger partial charge in [-0.25, -0.2) is 0 Å². The van der Waals surface area contributed by atoms with Crippen LogP contribution in [0.2, 0.25) is 0 Å². The molecule has 0 amide bonds. The average molecular weight is 307 g/mol. The highest BCUT2D eigenvalue weighted by Crippen LogP contribution is 1.99. The number of unbranched alkanes of at least 4 members (excludes halogenated alkanes) is 1. The van der Waals surface area contributed by atoms with Gasteiger partial charge in [0.15, 0.2) is 0 Å². The maximum Gasteiger partial charge on any atom is 0.303 e. The molecule has 0 heterocycles. The normalized spacial score (nSPS) is 17.4. The summed E-state index contributed by atoms with van der Waals surface area (Å²) < 4.78 is 36.1. The molecule has 0 aliphatic heterocycles. The molecule has 122 valence electrons. The van der Waals surface area contributed by atoms with E-state index in [1.54, 1.807) is 0 Å². The van der Waals surface area contributed by atoms with Crippen LogP contribution in [-0.4, -0.2) is 11.1 Å². The summed E-state index contributed by atoms with van der Waals surface area (Å²) in [7, 11) is 0. The summed E-state index contributed by atoms with van der Waals surface area (Å²) in [5.41, 5.74) is 0. The average Bonchev–Trinajstić information content (AvgIpc) is 2.56. The lowest BCUT2D eigenvalue weighted by Crippen LogP contribution is -1.92. The lowest BCUT2D eigenvalue weighted by Gasteiger charge is -1.89. The molecule has 0 fully saturated rings. The first-order valence-electron chi connectivity index (χ1n) is 10.2. The van der Waals surface area contributed by atoms with E-state index < -0.39 is 19.2 Å². The van der Waals surface area contributed by atoms with Crippen LogP contribution in [0.1, 0.15) is 65.0 Å². The largest absolute Gasteiger partial charge is 0.481 e. The van der Waals surface area contributed by atoms with Gasteiger partial charge in [-0.2, -0.15) is 0 Å². The number of rotatable bonds is 13. The number of allylic oxidation sites excluding steroid dienone is 10. The van der Waals surface area contributed by atoms with Crippen LogP contribution in [0.4, 0.5) is 0 Å². The molecule has 0 rings (SSSR count). The van der Waals surface area contributed by atoms with Crippen LogP contribution in [0.5, 0.6) is 0 Å². The molecule has 0 aromatic heterocycles. The van der Waals surface area contributed by atoms with Gasteiger partial charge < -0.3 is 5.11 Å². The van der Waals surface area contributed by atoms with Crippen molar-refractivity contribution in [1.29, 1.82) is 0 Å². The minimum Gasteiger partial charge on any atom is -0.481 e. The zero-order valence-corrected chi connectivity index (χ0v) is 13.1. The van der Waals surface area contributed by atoms with Crippen molar-refractivity contribution in [2.24, 2.45) is 0 Å². The van der Waals surface area contributed by atoms with Gasteiger partial charge in [0.1, 0.15) is 0 Å². The van der Waals surface area contributed by atoms with E-state index in [9.17, 15) is 4.79 Å². The van der Waals surface area contributed by atoms with Crippen molar-refractivity contribution in [2.45, 2.75) is 58.2 Å². The molecule has 0 radical (unpaired) electrons. The van der Waals surface area contributed by atoms with Crippen molar-refractivity contribution in [3.63, 3.8) is 0 Å². The van der Waals surface area contributed by atoms with E-state index in [0.717, 1.165) is 31.8 Å². The molecular formula is C20H30O2. The van der Waals surface area contributed by atoms with Crippen LogP contribution in [0.25, 0.3) is 0 Å². The monoisotopic (exact) mass is 307 g/mol. The molecular weight excluding hydrogens is 272 g/mol. The fourth-order valence-corrected chi connectivity index (χ4v) is 1.60. The third kappa shape index (κ3) is 18.2. The van der Waals surface area contributed by atoms with Crippen LogP contribution in [0.15, 0.2) is 60.8 Å². The van der Waals surface area contributed by atoms with E-state index in [1.807, 2.05) is 30.4 Å². The minimum atomic E-state index is -2.64. The van der Waals surface area contributed by atoms with Crippen LogP contribution in [-0.2, 0) is 4.79 Å². The number of hydrogen-bond donors (Lipinski definition) is 1. The Kier molecular flexibility index (Phi) is 9.93. The van der Waals surface area contributed by atoms with E-state index in [0.29, 0.717) is 12.8 Å². The Hall–Kier alpha value is -1.83. The van der Waals surface area contributed by atoms with Gasteiger partial charge in [0.05, 0.1) is 0 Å². The molecule has 0 atom stereocenters. The summed E-state index contributed by atoms with van der Waals surface area (Å²) in [6.45, 7) is -2.64. The van der Waals surface area contributed by atoms with Crippen molar-refractivity contribution in [2.75, 3.05) is 0 Å². The highest BCUT2D eigenvalue weighted by atomic mass is 16.4. The zero-order valence-electron chi connectivity index (χ0n) is 18.1. The van der Waals surface area contributed by atoms with Gasteiger partial charge in [-0.3, -0.25) is 4.79 Å². The Bertz CT molecular complexity index is 555. The molecule has 22 heavy (non-hydrogen) atoms. The number of aliphatic carboxylic acids is 1. The van der Waals surface area contributed by atoms with Crippen LogP contribution < -0.4 is 0 Å². The van der Waals surface area contributed by atoms with Crippen molar-refractivity contribution >= 4 is 5.97 Å². The summed E-state index contributed by atoms with van der Waals surface area (Å²) in [6, 6.07) is 0. The number of carboxylic acid groups (broad SMARTS) is 1. The SMILES string of the molecule is [2H]C([2H])([2H])C([2H])([2H])/C=C\C/C=C\C/C=C\C/C=C\C/C=C\CCCC(=O)O. The van der Waals surface area contributed by atoms with E-state index in [-0.39, 0.29) is 6.42 Å². The van der Waals surface area contributed by atoms with Gasteiger partial charge >= 0.3 is 5.97 Å². The molecule has 0 aromatic carbocycles. The number of carbonyl (C=O) groups is 1.